The minimum atomic E-state index is -1.14. The summed E-state index contributed by atoms with van der Waals surface area (Å²) in [5.41, 5.74) is 3.80. The molecular formula is C25H23N3O5S. The number of nitrogens with zero attached hydrogens (tertiary/aromatic N) is 2. The smallest absolute Gasteiger partial charge is 0.413 e. The molecule has 0 radical (unpaired) electrons. The van der Waals surface area contributed by atoms with E-state index < -0.39 is 23.5 Å². The molecule has 1 saturated carbocycles. The average molecular weight is 478 g/mol. The van der Waals surface area contributed by atoms with Gasteiger partial charge in [0, 0.05) is 13.0 Å². The van der Waals surface area contributed by atoms with Crippen LogP contribution in [0.3, 0.4) is 0 Å². The summed E-state index contributed by atoms with van der Waals surface area (Å²) in [4.78, 5) is 42.8. The standard InChI is InChI=1S/C25H23N3O5S/c1-14-20(21(29)28(2)25(11-12-25)22(30)31)34-23(26-14)27-24(32)33-13-19-17-9-5-3-7-15(17)16-8-4-6-10-18(16)19/h3-10,19H,11-13H2,1-2H3,(H,30,31)(H,26,27,32). The van der Waals surface area contributed by atoms with Crippen LogP contribution in [0.25, 0.3) is 11.1 Å². The SMILES string of the molecule is Cc1nc(NC(=O)OCC2c3ccccc3-c3ccccc32)sc1C(=O)N(C)C1(C(=O)O)CC1. The van der Waals surface area contributed by atoms with Gasteiger partial charge < -0.3 is 14.7 Å². The molecule has 2 aliphatic carbocycles. The normalized spacial score (nSPS) is 15.2. The number of amides is 2. The number of aromatic nitrogens is 1. The van der Waals surface area contributed by atoms with Crippen LogP contribution in [0.5, 0.6) is 0 Å². The van der Waals surface area contributed by atoms with Crippen molar-refractivity contribution in [2.24, 2.45) is 0 Å². The summed E-state index contributed by atoms with van der Waals surface area (Å²) < 4.78 is 5.54. The maximum absolute atomic E-state index is 12.9. The maximum atomic E-state index is 12.9. The molecule has 0 atom stereocenters. The average Bonchev–Trinajstić information content (AvgIpc) is 3.48. The van der Waals surface area contributed by atoms with Crippen molar-refractivity contribution in [1.29, 1.82) is 0 Å². The Bertz CT molecular complexity index is 1270. The summed E-state index contributed by atoms with van der Waals surface area (Å²) in [6.07, 6.45) is 0.188. The number of fused-ring (bicyclic) bond motifs is 3. The van der Waals surface area contributed by atoms with E-state index >= 15 is 0 Å². The van der Waals surface area contributed by atoms with Crippen molar-refractivity contribution >= 4 is 34.4 Å². The molecule has 1 heterocycles. The molecule has 3 aromatic rings. The summed E-state index contributed by atoms with van der Waals surface area (Å²) in [7, 11) is 1.49. The van der Waals surface area contributed by atoms with E-state index in [4.69, 9.17) is 4.74 Å². The fourth-order valence-electron chi connectivity index (χ4n) is 4.53. The molecule has 2 N–H and O–H groups in total. The van der Waals surface area contributed by atoms with Crippen LogP contribution in [0.1, 0.15) is 45.3 Å². The highest BCUT2D eigenvalue weighted by molar-refractivity contribution is 7.17. The lowest BCUT2D eigenvalue weighted by Crippen LogP contribution is -2.44. The number of anilines is 1. The number of benzene rings is 2. The first-order valence-corrected chi connectivity index (χ1v) is 11.7. The van der Waals surface area contributed by atoms with Crippen molar-refractivity contribution in [2.75, 3.05) is 19.0 Å². The van der Waals surface area contributed by atoms with Crippen LogP contribution < -0.4 is 5.32 Å². The Hall–Kier alpha value is -3.72. The zero-order valence-corrected chi connectivity index (χ0v) is 19.5. The molecule has 9 heteroatoms. The van der Waals surface area contributed by atoms with Gasteiger partial charge in [0.2, 0.25) is 0 Å². The summed E-state index contributed by atoms with van der Waals surface area (Å²) >= 11 is 1.01. The van der Waals surface area contributed by atoms with E-state index in [1.165, 1.54) is 11.9 Å². The molecule has 1 fully saturated rings. The molecule has 0 saturated heterocycles. The second-order valence-corrected chi connectivity index (χ2v) is 9.58. The summed E-state index contributed by atoms with van der Waals surface area (Å²) in [6.45, 7) is 1.82. The van der Waals surface area contributed by atoms with Gasteiger partial charge in [-0.15, -0.1) is 0 Å². The van der Waals surface area contributed by atoms with Crippen molar-refractivity contribution in [3.8, 4) is 11.1 Å². The zero-order valence-electron chi connectivity index (χ0n) is 18.7. The van der Waals surface area contributed by atoms with E-state index in [2.05, 4.69) is 22.4 Å². The Balaban J connectivity index is 1.26. The topological polar surface area (TPSA) is 109 Å². The van der Waals surface area contributed by atoms with E-state index in [-0.39, 0.29) is 17.7 Å². The highest BCUT2D eigenvalue weighted by Gasteiger charge is 2.56. The largest absolute Gasteiger partial charge is 0.479 e. The van der Waals surface area contributed by atoms with Gasteiger partial charge in [-0.1, -0.05) is 59.9 Å². The van der Waals surface area contributed by atoms with Gasteiger partial charge in [-0.3, -0.25) is 10.1 Å². The Morgan fingerprint density at radius 3 is 2.26 bits per heavy atom. The number of aryl methyl sites for hydroxylation is 1. The predicted molar refractivity (Wildman–Crippen MR) is 127 cm³/mol. The van der Waals surface area contributed by atoms with Crippen molar-refractivity contribution in [3.63, 3.8) is 0 Å². The van der Waals surface area contributed by atoms with Gasteiger partial charge in [-0.25, -0.2) is 14.6 Å². The molecule has 0 bridgehead atoms. The zero-order chi connectivity index (χ0) is 24.0. The summed E-state index contributed by atoms with van der Waals surface area (Å²) in [5, 5.41) is 12.3. The third-order valence-electron chi connectivity index (χ3n) is 6.61. The Kier molecular flexibility index (Phi) is 5.36. The lowest BCUT2D eigenvalue weighted by Gasteiger charge is -2.23. The minimum Gasteiger partial charge on any atom is -0.479 e. The van der Waals surface area contributed by atoms with Gasteiger partial charge in [0.15, 0.2) is 5.13 Å². The number of carbonyl (C=O) groups is 3. The van der Waals surface area contributed by atoms with Gasteiger partial charge in [0.05, 0.1) is 5.69 Å². The molecule has 2 amide bonds. The third kappa shape index (κ3) is 3.62. The van der Waals surface area contributed by atoms with Crippen molar-refractivity contribution in [1.82, 2.24) is 9.88 Å². The number of nitrogens with one attached hydrogen (secondary N) is 1. The van der Waals surface area contributed by atoms with Crippen LogP contribution in [0, 0.1) is 6.92 Å². The van der Waals surface area contributed by atoms with Crippen molar-refractivity contribution in [2.45, 2.75) is 31.2 Å². The predicted octanol–water partition coefficient (Wildman–Crippen LogP) is 4.50. The molecule has 1 aromatic heterocycles. The maximum Gasteiger partial charge on any atom is 0.413 e. The van der Waals surface area contributed by atoms with Crippen LogP contribution in [0.2, 0.25) is 0 Å². The van der Waals surface area contributed by atoms with E-state index in [9.17, 15) is 19.5 Å². The fraction of sp³-hybridized carbons (Fsp3) is 0.280. The second kappa shape index (κ2) is 8.25. The molecule has 2 aromatic carbocycles. The highest BCUT2D eigenvalue weighted by Crippen LogP contribution is 2.45. The van der Waals surface area contributed by atoms with E-state index in [1.807, 2.05) is 36.4 Å². The van der Waals surface area contributed by atoms with E-state index in [1.54, 1.807) is 6.92 Å². The summed E-state index contributed by atoms with van der Waals surface area (Å²) in [6, 6.07) is 16.2. The molecule has 8 nitrogen and oxygen atoms in total. The monoisotopic (exact) mass is 477 g/mol. The number of carboxylic acids is 1. The van der Waals surface area contributed by atoms with Crippen molar-refractivity contribution in [3.05, 3.63) is 70.2 Å². The van der Waals surface area contributed by atoms with Crippen LogP contribution in [0.4, 0.5) is 9.93 Å². The molecule has 2 aliphatic rings. The van der Waals surface area contributed by atoms with Gasteiger partial charge in [-0.05, 0) is 42.0 Å². The highest BCUT2D eigenvalue weighted by atomic mass is 32.1. The number of ether oxygens (including phenoxy) is 1. The molecular weight excluding hydrogens is 454 g/mol. The van der Waals surface area contributed by atoms with Crippen LogP contribution in [-0.4, -0.2) is 52.2 Å². The van der Waals surface area contributed by atoms with Crippen LogP contribution in [-0.2, 0) is 9.53 Å². The molecule has 34 heavy (non-hydrogen) atoms. The Morgan fingerprint density at radius 1 is 1.12 bits per heavy atom. The number of hydrogen-bond donors (Lipinski definition) is 2. The number of rotatable bonds is 6. The fourth-order valence-corrected chi connectivity index (χ4v) is 5.46. The molecule has 0 spiro atoms. The van der Waals surface area contributed by atoms with E-state index in [0.29, 0.717) is 23.4 Å². The lowest BCUT2D eigenvalue weighted by molar-refractivity contribution is -0.143. The van der Waals surface area contributed by atoms with Crippen molar-refractivity contribution < 1.29 is 24.2 Å². The Labute approximate surface area is 200 Å². The number of likely N-dealkylation sites (N-methyl/N-ethyl adjacent to an activating group) is 1. The van der Waals surface area contributed by atoms with Gasteiger partial charge in [0.25, 0.3) is 5.91 Å². The van der Waals surface area contributed by atoms with E-state index in [0.717, 1.165) is 33.6 Å². The number of carboxylic acid groups (broad SMARTS) is 1. The number of carbonyl (C=O) groups excluding carboxylic acids is 2. The molecule has 0 aliphatic heterocycles. The van der Waals surface area contributed by atoms with Gasteiger partial charge >= 0.3 is 12.1 Å². The number of thiazole rings is 1. The first-order chi connectivity index (χ1) is 16.3. The number of hydrogen-bond acceptors (Lipinski definition) is 6. The second-order valence-electron chi connectivity index (χ2n) is 8.59. The first kappa shape index (κ1) is 22.1. The first-order valence-electron chi connectivity index (χ1n) is 10.9. The molecule has 0 unspecified atom stereocenters. The molecule has 5 rings (SSSR count). The Morgan fingerprint density at radius 2 is 1.71 bits per heavy atom. The summed E-state index contributed by atoms with van der Waals surface area (Å²) in [5.74, 6) is -1.49. The van der Waals surface area contributed by atoms with Gasteiger partial charge in [-0.2, -0.15) is 0 Å². The van der Waals surface area contributed by atoms with Crippen LogP contribution >= 0.6 is 11.3 Å². The lowest BCUT2D eigenvalue weighted by atomic mass is 9.98. The quantitative estimate of drug-likeness (QED) is 0.541. The van der Waals surface area contributed by atoms with Gasteiger partial charge in [0.1, 0.15) is 17.0 Å². The minimum absolute atomic E-state index is 0.0623. The molecule has 174 valence electrons. The van der Waals surface area contributed by atoms with Crippen LogP contribution in [0.15, 0.2) is 48.5 Å². The number of aliphatic carboxylic acids is 1. The third-order valence-corrected chi connectivity index (χ3v) is 7.67.